The molecule has 0 aliphatic carbocycles. The topological polar surface area (TPSA) is 58.1 Å². The summed E-state index contributed by atoms with van der Waals surface area (Å²) in [5, 5.41) is 3.36. The van der Waals surface area contributed by atoms with Gasteiger partial charge >= 0.3 is 0 Å². The summed E-state index contributed by atoms with van der Waals surface area (Å²) in [5.74, 6) is 0.461. The molecule has 1 aromatic heterocycles. The summed E-state index contributed by atoms with van der Waals surface area (Å²) >= 11 is 0. The van der Waals surface area contributed by atoms with Crippen LogP contribution in [0, 0.1) is 0 Å². The zero-order valence-corrected chi connectivity index (χ0v) is 17.0. The summed E-state index contributed by atoms with van der Waals surface area (Å²) in [6, 6.07) is 14.4. The fourth-order valence-electron chi connectivity index (χ4n) is 3.92. The van der Waals surface area contributed by atoms with Crippen molar-refractivity contribution in [1.29, 1.82) is 0 Å². The third-order valence-electron chi connectivity index (χ3n) is 5.49. The standard InChI is InChI=1S/C24H26N4O/c1-3-17-10-7-11-18(4-2)22(17)27-24-25-15-20(16-26-24)23(29)28-14-8-12-19-9-5-6-13-21(19)28/h5-7,9-11,13,15-16H,3-4,8,12,14H2,1-2H3,(H,25,26,27). The Balaban J connectivity index is 1.56. The minimum absolute atomic E-state index is 0.0492. The Kier molecular flexibility index (Phi) is 5.56. The van der Waals surface area contributed by atoms with Gasteiger partial charge in [0.1, 0.15) is 0 Å². The molecule has 1 N–H and O–H groups in total. The molecule has 29 heavy (non-hydrogen) atoms. The van der Waals surface area contributed by atoms with Crippen LogP contribution in [0.4, 0.5) is 17.3 Å². The maximum absolute atomic E-state index is 13.1. The van der Waals surface area contributed by atoms with Crippen LogP contribution in [0.15, 0.2) is 54.9 Å². The van der Waals surface area contributed by atoms with Crippen LogP contribution >= 0.6 is 0 Å². The van der Waals surface area contributed by atoms with Crippen LogP contribution in [-0.4, -0.2) is 22.4 Å². The molecule has 2 heterocycles. The molecule has 148 valence electrons. The van der Waals surface area contributed by atoms with Gasteiger partial charge in [-0.15, -0.1) is 0 Å². The normalized spacial score (nSPS) is 13.1. The van der Waals surface area contributed by atoms with Crippen LogP contribution in [0.5, 0.6) is 0 Å². The second-order valence-electron chi connectivity index (χ2n) is 7.27. The SMILES string of the molecule is CCc1cccc(CC)c1Nc1ncc(C(=O)N2CCCc3ccccc32)cn1. The van der Waals surface area contributed by atoms with Gasteiger partial charge in [-0.1, -0.05) is 50.2 Å². The van der Waals surface area contributed by atoms with Gasteiger partial charge in [0.15, 0.2) is 0 Å². The Hall–Kier alpha value is -3.21. The van der Waals surface area contributed by atoms with Gasteiger partial charge in [-0.25, -0.2) is 9.97 Å². The zero-order chi connectivity index (χ0) is 20.2. The molecule has 1 aliphatic heterocycles. The Bertz CT molecular complexity index is 991. The second-order valence-corrected chi connectivity index (χ2v) is 7.27. The number of anilines is 3. The van der Waals surface area contributed by atoms with Crippen molar-refractivity contribution in [3.05, 3.63) is 77.1 Å². The van der Waals surface area contributed by atoms with E-state index in [0.29, 0.717) is 11.5 Å². The molecule has 0 saturated carbocycles. The first kappa shape index (κ1) is 19.1. The predicted octanol–water partition coefficient (Wildman–Crippen LogP) is 4.94. The monoisotopic (exact) mass is 386 g/mol. The first-order valence-electron chi connectivity index (χ1n) is 10.3. The molecule has 0 atom stereocenters. The molecule has 0 radical (unpaired) electrons. The molecule has 1 aliphatic rings. The summed E-state index contributed by atoms with van der Waals surface area (Å²) in [6.07, 6.45) is 7.08. The lowest BCUT2D eigenvalue weighted by molar-refractivity contribution is 0.0984. The number of nitrogens with zero attached hydrogens (tertiary/aromatic N) is 3. The summed E-state index contributed by atoms with van der Waals surface area (Å²) in [4.78, 5) is 23.8. The van der Waals surface area contributed by atoms with E-state index >= 15 is 0 Å². The first-order valence-corrected chi connectivity index (χ1v) is 10.3. The lowest BCUT2D eigenvalue weighted by Crippen LogP contribution is -2.35. The van der Waals surface area contributed by atoms with E-state index in [1.165, 1.54) is 16.7 Å². The number of para-hydroxylation sites is 2. The van der Waals surface area contributed by atoms with Gasteiger partial charge in [0.2, 0.25) is 5.95 Å². The van der Waals surface area contributed by atoms with Crippen molar-refractivity contribution in [2.24, 2.45) is 0 Å². The highest BCUT2D eigenvalue weighted by molar-refractivity contribution is 6.06. The Morgan fingerprint density at radius 1 is 1.00 bits per heavy atom. The average Bonchev–Trinajstić information content (AvgIpc) is 2.79. The van der Waals surface area contributed by atoms with E-state index in [1.54, 1.807) is 12.4 Å². The highest BCUT2D eigenvalue weighted by atomic mass is 16.2. The average molecular weight is 386 g/mol. The van der Waals surface area contributed by atoms with Crippen molar-refractivity contribution in [3.8, 4) is 0 Å². The number of aromatic nitrogens is 2. The quantitative estimate of drug-likeness (QED) is 0.675. The smallest absolute Gasteiger partial charge is 0.261 e. The summed E-state index contributed by atoms with van der Waals surface area (Å²) in [7, 11) is 0. The number of aryl methyl sites for hydroxylation is 3. The van der Waals surface area contributed by atoms with Crippen LogP contribution in [0.25, 0.3) is 0 Å². The Labute approximate surface area is 171 Å². The largest absolute Gasteiger partial charge is 0.324 e. The third-order valence-corrected chi connectivity index (χ3v) is 5.49. The van der Waals surface area contributed by atoms with Gasteiger partial charge in [-0.05, 0) is 48.4 Å². The number of carbonyl (C=O) groups is 1. The van der Waals surface area contributed by atoms with Crippen molar-refractivity contribution in [3.63, 3.8) is 0 Å². The maximum atomic E-state index is 13.1. The molecule has 4 rings (SSSR count). The lowest BCUT2D eigenvalue weighted by atomic mass is 10.0. The van der Waals surface area contributed by atoms with Crippen LogP contribution in [0.3, 0.4) is 0 Å². The van der Waals surface area contributed by atoms with Gasteiger partial charge in [0, 0.05) is 30.3 Å². The minimum atomic E-state index is -0.0492. The molecular formula is C24H26N4O. The van der Waals surface area contributed by atoms with Crippen molar-refractivity contribution >= 4 is 23.2 Å². The molecule has 3 aromatic rings. The van der Waals surface area contributed by atoms with Crippen molar-refractivity contribution in [2.45, 2.75) is 39.5 Å². The molecule has 2 aromatic carbocycles. The van der Waals surface area contributed by atoms with E-state index in [9.17, 15) is 4.79 Å². The predicted molar refractivity (Wildman–Crippen MR) is 117 cm³/mol. The van der Waals surface area contributed by atoms with E-state index in [-0.39, 0.29) is 5.91 Å². The Morgan fingerprint density at radius 2 is 1.69 bits per heavy atom. The number of benzene rings is 2. The van der Waals surface area contributed by atoms with Crippen LogP contribution < -0.4 is 10.2 Å². The highest BCUT2D eigenvalue weighted by Crippen LogP contribution is 2.28. The van der Waals surface area contributed by atoms with Gasteiger partial charge in [0.05, 0.1) is 5.56 Å². The summed E-state index contributed by atoms with van der Waals surface area (Å²) in [6.45, 7) is 5.00. The van der Waals surface area contributed by atoms with Crippen molar-refractivity contribution in [1.82, 2.24) is 9.97 Å². The van der Waals surface area contributed by atoms with E-state index in [1.807, 2.05) is 23.1 Å². The number of amides is 1. The minimum Gasteiger partial charge on any atom is -0.324 e. The molecule has 0 bridgehead atoms. The zero-order valence-electron chi connectivity index (χ0n) is 17.0. The fraction of sp³-hybridized carbons (Fsp3) is 0.292. The van der Waals surface area contributed by atoms with Crippen LogP contribution in [0.1, 0.15) is 47.3 Å². The summed E-state index contributed by atoms with van der Waals surface area (Å²) in [5.41, 5.74) is 6.26. The second kappa shape index (κ2) is 8.43. The number of hydrogen-bond acceptors (Lipinski definition) is 4. The van der Waals surface area contributed by atoms with Crippen LogP contribution in [0.2, 0.25) is 0 Å². The van der Waals surface area contributed by atoms with E-state index in [4.69, 9.17) is 0 Å². The summed E-state index contributed by atoms with van der Waals surface area (Å²) < 4.78 is 0. The number of nitrogens with one attached hydrogen (secondary N) is 1. The van der Waals surface area contributed by atoms with Gasteiger partial charge < -0.3 is 10.2 Å². The molecule has 0 unspecified atom stereocenters. The molecule has 1 amide bonds. The third kappa shape index (κ3) is 3.86. The lowest BCUT2D eigenvalue weighted by Gasteiger charge is -2.29. The Morgan fingerprint density at radius 3 is 2.38 bits per heavy atom. The molecule has 0 fully saturated rings. The highest BCUT2D eigenvalue weighted by Gasteiger charge is 2.23. The van der Waals surface area contributed by atoms with E-state index in [0.717, 1.165) is 43.6 Å². The van der Waals surface area contributed by atoms with Gasteiger partial charge in [-0.2, -0.15) is 0 Å². The van der Waals surface area contributed by atoms with Gasteiger partial charge in [0.25, 0.3) is 5.91 Å². The number of fused-ring (bicyclic) bond motifs is 1. The fourth-order valence-corrected chi connectivity index (χ4v) is 3.92. The van der Waals surface area contributed by atoms with Crippen LogP contribution in [-0.2, 0) is 19.3 Å². The van der Waals surface area contributed by atoms with Crippen molar-refractivity contribution in [2.75, 3.05) is 16.8 Å². The molecule has 5 nitrogen and oxygen atoms in total. The van der Waals surface area contributed by atoms with E-state index < -0.39 is 0 Å². The number of carbonyl (C=O) groups excluding carboxylic acids is 1. The number of hydrogen-bond donors (Lipinski definition) is 1. The molecule has 5 heteroatoms. The maximum Gasteiger partial charge on any atom is 0.261 e. The molecule has 0 spiro atoms. The number of rotatable bonds is 5. The van der Waals surface area contributed by atoms with Crippen molar-refractivity contribution < 1.29 is 4.79 Å². The van der Waals surface area contributed by atoms with Gasteiger partial charge in [-0.3, -0.25) is 4.79 Å². The first-order chi connectivity index (χ1) is 14.2. The van der Waals surface area contributed by atoms with E-state index in [2.05, 4.69) is 53.4 Å². The molecule has 0 saturated heterocycles. The molecular weight excluding hydrogens is 360 g/mol.